The molecule has 1 heterocycles. The fourth-order valence-electron chi connectivity index (χ4n) is 2.73. The first-order valence-corrected chi connectivity index (χ1v) is 5.36. The summed E-state index contributed by atoms with van der Waals surface area (Å²) in [6.07, 6.45) is 3.78. The number of aliphatic hydroxyl groups is 1. The first kappa shape index (κ1) is 9.36. The number of rotatable bonds is 0. The molecule has 1 aliphatic heterocycles. The molecule has 3 fully saturated rings. The monoisotopic (exact) mass is 210 g/mol. The van der Waals surface area contributed by atoms with Gasteiger partial charge in [-0.05, 0) is 12.8 Å². The number of carbonyl (C=O) groups excluding carboxylic acids is 1. The summed E-state index contributed by atoms with van der Waals surface area (Å²) in [5, 5.41) is 9.07. The van der Waals surface area contributed by atoms with E-state index in [-0.39, 0.29) is 11.2 Å². The van der Waals surface area contributed by atoms with Crippen LogP contribution in [0, 0.1) is 5.41 Å². The maximum absolute atomic E-state index is 11.9. The van der Waals surface area contributed by atoms with Crippen LogP contribution in [0.4, 0.5) is 0 Å². The van der Waals surface area contributed by atoms with Crippen molar-refractivity contribution in [3.63, 3.8) is 0 Å². The molecule has 0 radical (unpaired) electrons. The maximum atomic E-state index is 11.9. The van der Waals surface area contributed by atoms with Crippen LogP contribution in [-0.4, -0.2) is 29.9 Å². The number of ketones is 1. The van der Waals surface area contributed by atoms with Gasteiger partial charge < -0.3 is 14.6 Å². The molecule has 2 spiro atoms. The summed E-state index contributed by atoms with van der Waals surface area (Å²) in [4.78, 5) is 11.9. The highest BCUT2D eigenvalue weighted by atomic mass is 16.7. The molecule has 1 saturated heterocycles. The number of ether oxygens (including phenoxy) is 2. The summed E-state index contributed by atoms with van der Waals surface area (Å²) in [5.41, 5.74) is 0.178. The molecular formula is C11H14O4. The molecule has 4 heteroatoms. The van der Waals surface area contributed by atoms with Gasteiger partial charge in [0.2, 0.25) is 0 Å². The molecule has 0 aromatic heterocycles. The highest BCUT2D eigenvalue weighted by Crippen LogP contribution is 2.59. The zero-order valence-electron chi connectivity index (χ0n) is 8.49. The molecule has 3 aliphatic rings. The molecule has 15 heavy (non-hydrogen) atoms. The smallest absolute Gasteiger partial charge is 0.173 e. The van der Waals surface area contributed by atoms with Gasteiger partial charge >= 0.3 is 0 Å². The molecular weight excluding hydrogens is 196 g/mol. The Morgan fingerprint density at radius 2 is 1.93 bits per heavy atom. The Morgan fingerprint density at radius 3 is 2.47 bits per heavy atom. The molecule has 1 N–H and O–H groups in total. The normalized spacial score (nSPS) is 34.1. The summed E-state index contributed by atoms with van der Waals surface area (Å²) >= 11 is 0. The Bertz CT molecular complexity index is 334. The highest BCUT2D eigenvalue weighted by Gasteiger charge is 2.61. The van der Waals surface area contributed by atoms with E-state index < -0.39 is 5.79 Å². The summed E-state index contributed by atoms with van der Waals surface area (Å²) in [5.74, 6) is -0.534. The maximum Gasteiger partial charge on any atom is 0.173 e. The van der Waals surface area contributed by atoms with Crippen LogP contribution in [0.15, 0.2) is 11.8 Å². The minimum Gasteiger partial charge on any atom is -0.515 e. The molecule has 2 aliphatic carbocycles. The van der Waals surface area contributed by atoms with E-state index in [1.165, 1.54) is 0 Å². The zero-order valence-corrected chi connectivity index (χ0v) is 8.49. The molecule has 2 saturated carbocycles. The lowest BCUT2D eigenvalue weighted by molar-refractivity contribution is -0.183. The zero-order chi connectivity index (χ0) is 10.5. The lowest BCUT2D eigenvalue weighted by atomic mass is 9.78. The van der Waals surface area contributed by atoms with E-state index in [0.717, 1.165) is 19.1 Å². The third-order valence-corrected chi connectivity index (χ3v) is 3.66. The van der Waals surface area contributed by atoms with Gasteiger partial charge in [-0.25, -0.2) is 0 Å². The number of Topliss-reactive ketones (excluding diaryl/α,β-unsaturated/α-hetero) is 1. The summed E-state index contributed by atoms with van der Waals surface area (Å²) in [6.45, 7) is 1.17. The second-order valence-corrected chi connectivity index (χ2v) is 4.72. The van der Waals surface area contributed by atoms with Crippen molar-refractivity contribution in [2.75, 3.05) is 13.2 Å². The van der Waals surface area contributed by atoms with Crippen molar-refractivity contribution in [2.24, 2.45) is 5.41 Å². The van der Waals surface area contributed by atoms with Crippen molar-refractivity contribution in [1.29, 1.82) is 0 Å². The molecule has 0 unspecified atom stereocenters. The second kappa shape index (κ2) is 2.83. The van der Waals surface area contributed by atoms with Crippen LogP contribution in [0.1, 0.15) is 25.7 Å². The lowest BCUT2D eigenvalue weighted by Gasteiger charge is -2.36. The summed E-state index contributed by atoms with van der Waals surface area (Å²) in [6, 6.07) is 0. The van der Waals surface area contributed by atoms with Crippen molar-refractivity contribution < 1.29 is 19.4 Å². The van der Waals surface area contributed by atoms with Gasteiger partial charge in [0.05, 0.1) is 19.5 Å². The van der Waals surface area contributed by atoms with Gasteiger partial charge in [-0.1, -0.05) is 0 Å². The van der Waals surface area contributed by atoms with Crippen molar-refractivity contribution >= 4 is 5.78 Å². The Hall–Kier alpha value is -0.870. The van der Waals surface area contributed by atoms with Gasteiger partial charge in [-0.3, -0.25) is 4.79 Å². The molecule has 0 atom stereocenters. The summed E-state index contributed by atoms with van der Waals surface area (Å²) in [7, 11) is 0. The van der Waals surface area contributed by atoms with Crippen LogP contribution < -0.4 is 0 Å². The SMILES string of the molecule is O=C1/C(=C\O)CC2(CC13CC3)OCCO2. The van der Waals surface area contributed by atoms with E-state index >= 15 is 0 Å². The third-order valence-electron chi connectivity index (χ3n) is 3.66. The van der Waals surface area contributed by atoms with Gasteiger partial charge in [0.15, 0.2) is 11.6 Å². The minimum absolute atomic E-state index is 0.0923. The Balaban J connectivity index is 1.93. The Kier molecular flexibility index (Phi) is 1.77. The molecule has 82 valence electrons. The average molecular weight is 210 g/mol. The molecule has 4 nitrogen and oxygen atoms in total. The van der Waals surface area contributed by atoms with Crippen molar-refractivity contribution in [2.45, 2.75) is 31.5 Å². The van der Waals surface area contributed by atoms with Crippen LogP contribution in [0.25, 0.3) is 0 Å². The van der Waals surface area contributed by atoms with Crippen molar-refractivity contribution in [3.05, 3.63) is 11.8 Å². The van der Waals surface area contributed by atoms with E-state index in [2.05, 4.69) is 0 Å². The van der Waals surface area contributed by atoms with Crippen molar-refractivity contribution in [3.8, 4) is 0 Å². The topological polar surface area (TPSA) is 55.8 Å². The molecule has 0 aromatic rings. The predicted molar refractivity (Wildman–Crippen MR) is 51.3 cm³/mol. The highest BCUT2D eigenvalue weighted by molar-refractivity contribution is 6.02. The standard InChI is InChI=1S/C11H14O4/c12-6-8-5-11(14-3-4-15-11)7-10(1-2-10)9(8)13/h6,12H,1-5,7H2/b8-6-. The van der Waals surface area contributed by atoms with Crippen LogP contribution in [-0.2, 0) is 14.3 Å². The fraction of sp³-hybridized carbons (Fsp3) is 0.727. The largest absolute Gasteiger partial charge is 0.515 e. The van der Waals surface area contributed by atoms with E-state index in [1.807, 2.05) is 0 Å². The number of aliphatic hydroxyl groups excluding tert-OH is 1. The number of carbonyl (C=O) groups is 1. The number of hydrogen-bond donors (Lipinski definition) is 1. The fourth-order valence-corrected chi connectivity index (χ4v) is 2.73. The van der Waals surface area contributed by atoms with Crippen LogP contribution >= 0.6 is 0 Å². The third kappa shape index (κ3) is 1.25. The van der Waals surface area contributed by atoms with E-state index in [0.29, 0.717) is 31.6 Å². The molecule has 3 rings (SSSR count). The van der Waals surface area contributed by atoms with Crippen LogP contribution in [0.3, 0.4) is 0 Å². The van der Waals surface area contributed by atoms with Crippen LogP contribution in [0.2, 0.25) is 0 Å². The van der Waals surface area contributed by atoms with Gasteiger partial charge in [0, 0.05) is 23.8 Å². The second-order valence-electron chi connectivity index (χ2n) is 4.72. The summed E-state index contributed by atoms with van der Waals surface area (Å²) < 4.78 is 11.2. The predicted octanol–water partition coefficient (Wildman–Crippen LogP) is 1.31. The van der Waals surface area contributed by atoms with E-state index in [9.17, 15) is 4.79 Å². The van der Waals surface area contributed by atoms with Crippen molar-refractivity contribution in [1.82, 2.24) is 0 Å². The number of hydrogen-bond acceptors (Lipinski definition) is 4. The van der Waals surface area contributed by atoms with Gasteiger partial charge in [-0.15, -0.1) is 0 Å². The lowest BCUT2D eigenvalue weighted by Crippen LogP contribution is -2.43. The molecule has 0 aromatic carbocycles. The average Bonchev–Trinajstić information content (AvgIpc) is 2.86. The van der Waals surface area contributed by atoms with E-state index in [1.54, 1.807) is 0 Å². The Morgan fingerprint density at radius 1 is 1.27 bits per heavy atom. The van der Waals surface area contributed by atoms with E-state index in [4.69, 9.17) is 14.6 Å². The first-order valence-electron chi connectivity index (χ1n) is 5.36. The minimum atomic E-state index is -0.626. The first-order chi connectivity index (χ1) is 7.20. The van der Waals surface area contributed by atoms with Gasteiger partial charge in [0.1, 0.15) is 0 Å². The van der Waals surface area contributed by atoms with Crippen LogP contribution in [0.5, 0.6) is 0 Å². The quantitative estimate of drug-likeness (QED) is 0.484. The molecule has 0 bridgehead atoms. The molecule has 0 amide bonds. The van der Waals surface area contributed by atoms with Gasteiger partial charge in [0.25, 0.3) is 0 Å². The van der Waals surface area contributed by atoms with Gasteiger partial charge in [-0.2, -0.15) is 0 Å². The Labute approximate surface area is 87.9 Å².